The Morgan fingerprint density at radius 2 is 2.00 bits per heavy atom. The van der Waals surface area contributed by atoms with Crippen molar-refractivity contribution in [2.45, 2.75) is 26.3 Å². The summed E-state index contributed by atoms with van der Waals surface area (Å²) in [5.74, 6) is 2.26. The number of nitrogens with zero attached hydrogens (tertiary/aromatic N) is 4. The number of methoxy groups -OCH3 is 1. The lowest BCUT2D eigenvalue weighted by Crippen LogP contribution is -2.23. The predicted octanol–water partition coefficient (Wildman–Crippen LogP) is 3.41. The molecule has 1 aliphatic carbocycles. The van der Waals surface area contributed by atoms with E-state index in [0.717, 1.165) is 47.4 Å². The standard InChI is InChI=1S/C21H23N5O2/c1-3-26(13-14-4-8-17(28-2)9-5-14)20-19-16(10-11-22-20)12-18(24-25-19)23-21(27)15-6-7-15/h4-5,8-12,15H,3,6-7,13H2,1-2H3,(H,23,24,27). The van der Waals surface area contributed by atoms with Gasteiger partial charge in [-0.2, -0.15) is 0 Å². The van der Waals surface area contributed by atoms with Crippen LogP contribution in [0.25, 0.3) is 10.9 Å². The van der Waals surface area contributed by atoms with Crippen molar-refractivity contribution in [2.24, 2.45) is 5.92 Å². The summed E-state index contributed by atoms with van der Waals surface area (Å²) in [5, 5.41) is 12.3. The van der Waals surface area contributed by atoms with Crippen molar-refractivity contribution in [1.82, 2.24) is 15.2 Å². The maximum atomic E-state index is 12.0. The molecule has 1 saturated carbocycles. The highest BCUT2D eigenvalue weighted by Crippen LogP contribution is 2.30. The monoisotopic (exact) mass is 377 g/mol. The van der Waals surface area contributed by atoms with Gasteiger partial charge in [0.15, 0.2) is 11.6 Å². The molecule has 28 heavy (non-hydrogen) atoms. The number of benzene rings is 1. The zero-order valence-corrected chi connectivity index (χ0v) is 16.1. The Morgan fingerprint density at radius 3 is 2.68 bits per heavy atom. The second-order valence-electron chi connectivity index (χ2n) is 6.93. The molecular formula is C21H23N5O2. The van der Waals surface area contributed by atoms with Crippen molar-refractivity contribution < 1.29 is 9.53 Å². The Kier molecular flexibility index (Phi) is 5.06. The molecule has 3 aromatic rings. The second kappa shape index (κ2) is 7.80. The molecule has 0 spiro atoms. The molecule has 1 aromatic carbocycles. The number of hydrogen-bond acceptors (Lipinski definition) is 6. The van der Waals surface area contributed by atoms with E-state index >= 15 is 0 Å². The van der Waals surface area contributed by atoms with Gasteiger partial charge in [-0.25, -0.2) is 4.98 Å². The van der Waals surface area contributed by atoms with Gasteiger partial charge in [0.1, 0.15) is 11.3 Å². The Labute approximate surface area is 163 Å². The SMILES string of the molecule is CCN(Cc1ccc(OC)cc1)c1nccc2cc(NC(=O)C3CC3)nnc12. The molecule has 1 aliphatic rings. The Balaban J connectivity index is 1.59. The highest BCUT2D eigenvalue weighted by molar-refractivity contribution is 5.96. The van der Waals surface area contributed by atoms with Crippen LogP contribution < -0.4 is 15.0 Å². The number of pyridine rings is 1. The number of hydrogen-bond donors (Lipinski definition) is 1. The van der Waals surface area contributed by atoms with Gasteiger partial charge in [-0.3, -0.25) is 4.79 Å². The molecule has 1 amide bonds. The first-order valence-corrected chi connectivity index (χ1v) is 9.49. The van der Waals surface area contributed by atoms with Gasteiger partial charge < -0.3 is 15.0 Å². The fourth-order valence-electron chi connectivity index (χ4n) is 3.11. The summed E-state index contributed by atoms with van der Waals surface area (Å²) in [4.78, 5) is 18.7. The summed E-state index contributed by atoms with van der Waals surface area (Å²) in [6, 6.07) is 11.7. The number of amides is 1. The number of carbonyl (C=O) groups excluding carboxylic acids is 1. The summed E-state index contributed by atoms with van der Waals surface area (Å²) < 4.78 is 5.23. The Hall–Kier alpha value is -3.22. The third kappa shape index (κ3) is 3.88. The minimum Gasteiger partial charge on any atom is -0.497 e. The van der Waals surface area contributed by atoms with E-state index in [1.807, 2.05) is 36.4 Å². The minimum absolute atomic E-state index is 0.0256. The van der Waals surface area contributed by atoms with Crippen LogP contribution in [0.1, 0.15) is 25.3 Å². The summed E-state index contributed by atoms with van der Waals surface area (Å²) >= 11 is 0. The molecule has 4 rings (SSSR count). The maximum Gasteiger partial charge on any atom is 0.228 e. The third-order valence-electron chi connectivity index (χ3n) is 4.90. The Bertz CT molecular complexity index is 986. The minimum atomic E-state index is 0.0256. The van der Waals surface area contributed by atoms with Gasteiger partial charge in [-0.1, -0.05) is 12.1 Å². The summed E-state index contributed by atoms with van der Waals surface area (Å²) in [7, 11) is 1.66. The van der Waals surface area contributed by atoms with E-state index in [2.05, 4.69) is 32.3 Å². The van der Waals surface area contributed by atoms with Crippen molar-refractivity contribution in [3.05, 3.63) is 48.2 Å². The number of anilines is 2. The number of aromatic nitrogens is 3. The molecule has 0 saturated heterocycles. The fourth-order valence-corrected chi connectivity index (χ4v) is 3.11. The molecule has 2 aromatic heterocycles. The van der Waals surface area contributed by atoms with Crippen LogP contribution in [0.15, 0.2) is 42.6 Å². The lowest BCUT2D eigenvalue weighted by atomic mass is 10.2. The van der Waals surface area contributed by atoms with Crippen LogP contribution >= 0.6 is 0 Å². The molecule has 0 aliphatic heterocycles. The molecule has 0 radical (unpaired) electrons. The number of ether oxygens (including phenoxy) is 1. The van der Waals surface area contributed by atoms with Crippen LogP contribution in [0.4, 0.5) is 11.6 Å². The molecule has 2 heterocycles. The van der Waals surface area contributed by atoms with Crippen molar-refractivity contribution in [3.8, 4) is 5.75 Å². The van der Waals surface area contributed by atoms with Crippen molar-refractivity contribution in [2.75, 3.05) is 23.9 Å². The van der Waals surface area contributed by atoms with Crippen LogP contribution in [0, 0.1) is 5.92 Å². The Morgan fingerprint density at radius 1 is 1.21 bits per heavy atom. The molecule has 0 atom stereocenters. The zero-order chi connectivity index (χ0) is 19.5. The summed E-state index contributed by atoms with van der Waals surface area (Å²) in [6.45, 7) is 3.57. The van der Waals surface area contributed by atoms with Crippen molar-refractivity contribution in [3.63, 3.8) is 0 Å². The van der Waals surface area contributed by atoms with Crippen LogP contribution in [-0.4, -0.2) is 34.7 Å². The first-order valence-electron chi connectivity index (χ1n) is 9.49. The van der Waals surface area contributed by atoms with Crippen molar-refractivity contribution in [1.29, 1.82) is 0 Å². The van der Waals surface area contributed by atoms with Gasteiger partial charge in [0.2, 0.25) is 5.91 Å². The highest BCUT2D eigenvalue weighted by atomic mass is 16.5. The van der Waals surface area contributed by atoms with E-state index in [1.54, 1.807) is 13.3 Å². The second-order valence-corrected chi connectivity index (χ2v) is 6.93. The zero-order valence-electron chi connectivity index (χ0n) is 16.1. The average Bonchev–Trinajstić information content (AvgIpc) is 3.57. The van der Waals surface area contributed by atoms with Crippen LogP contribution in [-0.2, 0) is 11.3 Å². The van der Waals surface area contributed by atoms with Gasteiger partial charge in [0.25, 0.3) is 0 Å². The largest absolute Gasteiger partial charge is 0.497 e. The topological polar surface area (TPSA) is 80.2 Å². The average molecular weight is 377 g/mol. The normalized spacial score (nSPS) is 13.4. The summed E-state index contributed by atoms with van der Waals surface area (Å²) in [5.41, 5.74) is 1.88. The molecule has 7 heteroatoms. The van der Waals surface area contributed by atoms with Gasteiger partial charge >= 0.3 is 0 Å². The van der Waals surface area contributed by atoms with Gasteiger partial charge in [-0.05, 0) is 49.6 Å². The molecule has 0 bridgehead atoms. The highest BCUT2D eigenvalue weighted by Gasteiger charge is 2.30. The number of fused-ring (bicyclic) bond motifs is 1. The quantitative estimate of drug-likeness (QED) is 0.680. The lowest BCUT2D eigenvalue weighted by molar-refractivity contribution is -0.117. The lowest BCUT2D eigenvalue weighted by Gasteiger charge is -2.23. The number of rotatable bonds is 7. The van der Waals surface area contributed by atoms with E-state index in [0.29, 0.717) is 12.4 Å². The molecule has 1 fully saturated rings. The van der Waals surface area contributed by atoms with Crippen LogP contribution in [0.5, 0.6) is 5.75 Å². The maximum absolute atomic E-state index is 12.0. The van der Waals surface area contributed by atoms with Crippen LogP contribution in [0.2, 0.25) is 0 Å². The molecule has 1 N–H and O–H groups in total. The third-order valence-corrected chi connectivity index (χ3v) is 4.90. The molecule has 0 unspecified atom stereocenters. The molecular weight excluding hydrogens is 354 g/mol. The van der Waals surface area contributed by atoms with E-state index < -0.39 is 0 Å². The smallest absolute Gasteiger partial charge is 0.228 e. The summed E-state index contributed by atoms with van der Waals surface area (Å²) in [6.07, 6.45) is 3.68. The first kappa shape index (κ1) is 18.2. The molecule has 144 valence electrons. The predicted molar refractivity (Wildman–Crippen MR) is 108 cm³/mol. The van der Waals surface area contributed by atoms with Crippen molar-refractivity contribution >= 4 is 28.4 Å². The van der Waals surface area contributed by atoms with Gasteiger partial charge in [0, 0.05) is 30.6 Å². The fraction of sp³-hybridized carbons (Fsp3) is 0.333. The number of nitrogens with one attached hydrogen (secondary N) is 1. The van der Waals surface area contributed by atoms with Gasteiger partial charge in [0.05, 0.1) is 7.11 Å². The van der Waals surface area contributed by atoms with E-state index in [4.69, 9.17) is 4.74 Å². The first-order chi connectivity index (χ1) is 13.7. The van der Waals surface area contributed by atoms with Gasteiger partial charge in [-0.15, -0.1) is 10.2 Å². The molecule has 7 nitrogen and oxygen atoms in total. The van der Waals surface area contributed by atoms with Crippen LogP contribution in [0.3, 0.4) is 0 Å². The van der Waals surface area contributed by atoms with E-state index in [-0.39, 0.29) is 11.8 Å². The van der Waals surface area contributed by atoms with E-state index in [1.165, 1.54) is 0 Å². The van der Waals surface area contributed by atoms with E-state index in [9.17, 15) is 4.79 Å². The number of carbonyl (C=O) groups is 1.